The van der Waals surface area contributed by atoms with E-state index in [-0.39, 0.29) is 12.6 Å². The summed E-state index contributed by atoms with van der Waals surface area (Å²) in [5.74, 6) is 0.394. The number of amides is 1. The molecule has 0 saturated heterocycles. The quantitative estimate of drug-likeness (QED) is 0.563. The van der Waals surface area contributed by atoms with Gasteiger partial charge in [-0.1, -0.05) is 0 Å². The van der Waals surface area contributed by atoms with E-state index in [1.807, 2.05) is 0 Å². The lowest BCUT2D eigenvalue weighted by atomic mass is 10.2. The molecule has 0 radical (unpaired) electrons. The zero-order valence-corrected chi connectivity index (χ0v) is 9.21. The molecule has 0 aromatic rings. The van der Waals surface area contributed by atoms with Crippen LogP contribution in [-0.4, -0.2) is 34.2 Å². The third-order valence-corrected chi connectivity index (χ3v) is 3.12. The molecule has 0 aliphatic heterocycles. The molecule has 0 bridgehead atoms. The molecule has 1 aliphatic carbocycles. The highest BCUT2D eigenvalue weighted by Gasteiger charge is 2.29. The van der Waals surface area contributed by atoms with Gasteiger partial charge < -0.3 is 10.5 Å². The number of hydrogen-bond donors (Lipinski definition) is 3. The molecule has 7 nitrogen and oxygen atoms in total. The van der Waals surface area contributed by atoms with Gasteiger partial charge in [0.2, 0.25) is 0 Å². The van der Waals surface area contributed by atoms with Crippen molar-refractivity contribution < 1.29 is 17.9 Å². The molecule has 1 amide bonds. The second-order valence-corrected chi connectivity index (χ2v) is 4.95. The lowest BCUT2D eigenvalue weighted by molar-refractivity contribution is 0.177. The number of carbonyl (C=O) groups excluding carboxylic acids is 1. The Kier molecular flexibility index (Phi) is 3.89. The minimum absolute atomic E-state index is 0.122. The SMILES string of the molecule is COC(=O)NS(=O)(=O)NCC(N)C1CC1. The molecule has 88 valence electrons. The minimum Gasteiger partial charge on any atom is -0.452 e. The van der Waals surface area contributed by atoms with Crippen LogP contribution in [0.25, 0.3) is 0 Å². The van der Waals surface area contributed by atoms with Gasteiger partial charge in [-0.3, -0.25) is 0 Å². The fraction of sp³-hybridized carbons (Fsp3) is 0.857. The normalized spacial score (nSPS) is 18.3. The van der Waals surface area contributed by atoms with Crippen molar-refractivity contribution in [2.24, 2.45) is 11.7 Å². The zero-order chi connectivity index (χ0) is 11.5. The van der Waals surface area contributed by atoms with Gasteiger partial charge in [-0.05, 0) is 18.8 Å². The van der Waals surface area contributed by atoms with Crippen molar-refractivity contribution in [3.8, 4) is 0 Å². The molecule has 8 heteroatoms. The first-order valence-electron chi connectivity index (χ1n) is 4.55. The van der Waals surface area contributed by atoms with Crippen LogP contribution in [0.1, 0.15) is 12.8 Å². The summed E-state index contributed by atoms with van der Waals surface area (Å²) in [6.07, 6.45) is 1.04. The molecule has 1 unspecified atom stereocenters. The van der Waals surface area contributed by atoms with Gasteiger partial charge in [0.15, 0.2) is 0 Å². The molecule has 15 heavy (non-hydrogen) atoms. The van der Waals surface area contributed by atoms with Gasteiger partial charge in [0.1, 0.15) is 0 Å². The van der Waals surface area contributed by atoms with Crippen LogP contribution in [0.5, 0.6) is 0 Å². The number of ether oxygens (including phenoxy) is 1. The summed E-state index contributed by atoms with van der Waals surface area (Å²) < 4.78 is 30.3. The van der Waals surface area contributed by atoms with E-state index >= 15 is 0 Å². The maximum Gasteiger partial charge on any atom is 0.421 e. The van der Waals surface area contributed by atoms with E-state index in [2.05, 4.69) is 9.46 Å². The van der Waals surface area contributed by atoms with E-state index in [0.717, 1.165) is 20.0 Å². The smallest absolute Gasteiger partial charge is 0.421 e. The Hall–Kier alpha value is -0.860. The molecule has 0 heterocycles. The zero-order valence-electron chi connectivity index (χ0n) is 8.39. The van der Waals surface area contributed by atoms with E-state index in [4.69, 9.17) is 5.73 Å². The first kappa shape index (κ1) is 12.2. The number of hydrogen-bond acceptors (Lipinski definition) is 5. The van der Waals surface area contributed by atoms with Crippen LogP contribution in [0.3, 0.4) is 0 Å². The number of rotatable bonds is 5. The third kappa shape index (κ3) is 4.45. The van der Waals surface area contributed by atoms with Crippen LogP contribution in [0.2, 0.25) is 0 Å². The molecular formula is C7H15N3O4S. The van der Waals surface area contributed by atoms with Crippen molar-refractivity contribution in [1.82, 2.24) is 9.44 Å². The predicted octanol–water partition coefficient (Wildman–Crippen LogP) is -1.09. The average molecular weight is 237 g/mol. The fourth-order valence-electron chi connectivity index (χ4n) is 1.08. The van der Waals surface area contributed by atoms with Crippen LogP contribution >= 0.6 is 0 Å². The first-order chi connectivity index (χ1) is 6.94. The highest BCUT2D eigenvalue weighted by molar-refractivity contribution is 7.88. The van der Waals surface area contributed by atoms with Gasteiger partial charge in [-0.25, -0.2) is 9.52 Å². The monoisotopic (exact) mass is 237 g/mol. The van der Waals surface area contributed by atoms with Crippen molar-refractivity contribution in [2.45, 2.75) is 18.9 Å². The van der Waals surface area contributed by atoms with Gasteiger partial charge in [-0.2, -0.15) is 13.1 Å². The van der Waals surface area contributed by atoms with Gasteiger partial charge in [0.05, 0.1) is 7.11 Å². The molecule has 1 fully saturated rings. The third-order valence-electron chi connectivity index (χ3n) is 2.14. The molecule has 0 aromatic heterocycles. The van der Waals surface area contributed by atoms with E-state index in [1.165, 1.54) is 0 Å². The molecular weight excluding hydrogens is 222 g/mol. The molecule has 1 aliphatic rings. The summed E-state index contributed by atoms with van der Waals surface area (Å²) in [6.45, 7) is 0.122. The summed E-state index contributed by atoms with van der Waals surface area (Å²) in [5.41, 5.74) is 5.68. The average Bonchev–Trinajstić information content (AvgIpc) is 2.96. The molecule has 1 saturated carbocycles. The fourth-order valence-corrected chi connectivity index (χ4v) is 1.87. The maximum absolute atomic E-state index is 11.2. The Morgan fingerprint density at radius 3 is 2.67 bits per heavy atom. The molecule has 0 aromatic carbocycles. The Labute approximate surface area is 88.5 Å². The number of carbonyl (C=O) groups is 1. The van der Waals surface area contributed by atoms with Gasteiger partial charge in [0.25, 0.3) is 0 Å². The predicted molar refractivity (Wildman–Crippen MR) is 53.2 cm³/mol. The second-order valence-electron chi connectivity index (χ2n) is 3.45. The topological polar surface area (TPSA) is 111 Å². The van der Waals surface area contributed by atoms with Crippen LogP contribution in [0.15, 0.2) is 0 Å². The standard InChI is InChI=1S/C7H15N3O4S/c1-14-7(11)10-15(12,13)9-4-6(8)5-2-3-5/h5-6,9H,2-4,8H2,1H3,(H,10,11). The largest absolute Gasteiger partial charge is 0.452 e. The Morgan fingerprint density at radius 2 is 2.20 bits per heavy atom. The Bertz CT molecular complexity index is 325. The van der Waals surface area contributed by atoms with Crippen LogP contribution in [0.4, 0.5) is 4.79 Å². The molecule has 0 spiro atoms. The Morgan fingerprint density at radius 1 is 1.60 bits per heavy atom. The summed E-state index contributed by atoms with van der Waals surface area (Å²) >= 11 is 0. The van der Waals surface area contributed by atoms with Crippen molar-refractivity contribution in [3.05, 3.63) is 0 Å². The maximum atomic E-state index is 11.2. The first-order valence-corrected chi connectivity index (χ1v) is 6.04. The van der Waals surface area contributed by atoms with Crippen LogP contribution < -0.4 is 15.2 Å². The highest BCUT2D eigenvalue weighted by atomic mass is 32.2. The van der Waals surface area contributed by atoms with Gasteiger partial charge in [-0.15, -0.1) is 0 Å². The van der Waals surface area contributed by atoms with Gasteiger partial charge >= 0.3 is 16.3 Å². The lowest BCUT2D eigenvalue weighted by Gasteiger charge is -2.11. The minimum atomic E-state index is -3.85. The lowest BCUT2D eigenvalue weighted by Crippen LogP contribution is -2.45. The van der Waals surface area contributed by atoms with Gasteiger partial charge in [0, 0.05) is 12.6 Å². The second kappa shape index (κ2) is 4.77. The van der Waals surface area contributed by atoms with Crippen molar-refractivity contribution >= 4 is 16.3 Å². The van der Waals surface area contributed by atoms with E-state index in [0.29, 0.717) is 5.92 Å². The van der Waals surface area contributed by atoms with Crippen molar-refractivity contribution in [1.29, 1.82) is 0 Å². The van der Waals surface area contributed by atoms with E-state index < -0.39 is 16.3 Å². The van der Waals surface area contributed by atoms with Crippen molar-refractivity contribution in [3.63, 3.8) is 0 Å². The highest BCUT2D eigenvalue weighted by Crippen LogP contribution is 2.31. The van der Waals surface area contributed by atoms with Crippen LogP contribution in [-0.2, 0) is 14.9 Å². The summed E-state index contributed by atoms with van der Waals surface area (Å²) in [4.78, 5) is 10.6. The van der Waals surface area contributed by atoms with Crippen molar-refractivity contribution in [2.75, 3.05) is 13.7 Å². The number of nitrogens with one attached hydrogen (secondary N) is 2. The molecule has 1 atom stereocenters. The Balaban J connectivity index is 2.31. The summed E-state index contributed by atoms with van der Waals surface area (Å²) in [7, 11) is -2.76. The number of methoxy groups -OCH3 is 1. The molecule has 4 N–H and O–H groups in total. The van der Waals surface area contributed by atoms with E-state index in [1.54, 1.807) is 4.72 Å². The summed E-state index contributed by atoms with van der Waals surface area (Å²) in [6, 6.07) is -0.195. The van der Waals surface area contributed by atoms with E-state index in [9.17, 15) is 13.2 Å². The number of nitrogens with two attached hydrogens (primary N) is 1. The molecule has 1 rings (SSSR count). The summed E-state index contributed by atoms with van der Waals surface area (Å²) in [5, 5.41) is 0. The van der Waals surface area contributed by atoms with Crippen LogP contribution in [0, 0.1) is 5.92 Å².